The van der Waals surface area contributed by atoms with Crippen LogP contribution in [0, 0.1) is 6.92 Å². The third kappa shape index (κ3) is 5.15. The van der Waals surface area contributed by atoms with E-state index < -0.39 is 0 Å². The van der Waals surface area contributed by atoms with E-state index in [1.54, 1.807) is 17.6 Å². The van der Waals surface area contributed by atoms with Crippen LogP contribution < -0.4 is 5.43 Å². The van der Waals surface area contributed by atoms with Crippen LogP contribution in [0.3, 0.4) is 0 Å². The van der Waals surface area contributed by atoms with Crippen LogP contribution in [-0.4, -0.2) is 22.9 Å². The van der Waals surface area contributed by atoms with Crippen LogP contribution in [0.5, 0.6) is 0 Å². The van der Waals surface area contributed by atoms with Gasteiger partial charge in [-0.2, -0.15) is 5.10 Å². The molecule has 0 saturated heterocycles. The zero-order valence-electron chi connectivity index (χ0n) is 13.2. The molecule has 0 unspecified atom stereocenters. The van der Waals surface area contributed by atoms with Gasteiger partial charge in [0.15, 0.2) is 4.34 Å². The third-order valence-electron chi connectivity index (χ3n) is 3.22. The van der Waals surface area contributed by atoms with Gasteiger partial charge in [-0.1, -0.05) is 35.5 Å². The summed E-state index contributed by atoms with van der Waals surface area (Å²) >= 11 is 10.4. The first-order valence-corrected chi connectivity index (χ1v) is 10.4. The molecule has 3 aromatic rings. The third-order valence-corrected chi connectivity index (χ3v) is 6.45. The van der Waals surface area contributed by atoms with Gasteiger partial charge in [-0.3, -0.25) is 4.79 Å². The smallest absolute Gasteiger partial charge is 0.250 e. The van der Waals surface area contributed by atoms with E-state index >= 15 is 0 Å². The van der Waals surface area contributed by atoms with E-state index in [1.165, 1.54) is 23.1 Å². The van der Waals surface area contributed by atoms with Crippen molar-refractivity contribution in [2.75, 3.05) is 5.75 Å². The van der Waals surface area contributed by atoms with Gasteiger partial charge < -0.3 is 0 Å². The van der Waals surface area contributed by atoms with E-state index in [0.29, 0.717) is 5.02 Å². The van der Waals surface area contributed by atoms with Crippen molar-refractivity contribution in [1.82, 2.24) is 10.4 Å². The molecule has 1 amide bonds. The van der Waals surface area contributed by atoms with Gasteiger partial charge in [0.1, 0.15) is 0 Å². The lowest BCUT2D eigenvalue weighted by Gasteiger charge is -1.98. The Balaban J connectivity index is 1.50. The molecule has 25 heavy (non-hydrogen) atoms. The molecule has 0 aliphatic heterocycles. The fourth-order valence-electron chi connectivity index (χ4n) is 1.92. The number of hydrogen-bond acceptors (Lipinski definition) is 6. The molecule has 2 aromatic heterocycles. The Hall–Kier alpha value is -1.67. The number of hydrazone groups is 1. The molecule has 3 rings (SSSR count). The Labute approximate surface area is 163 Å². The lowest BCUT2D eigenvalue weighted by atomic mass is 10.2. The van der Waals surface area contributed by atoms with Gasteiger partial charge in [0.05, 0.1) is 17.7 Å². The van der Waals surface area contributed by atoms with Crippen molar-refractivity contribution in [1.29, 1.82) is 0 Å². The summed E-state index contributed by atoms with van der Waals surface area (Å²) in [7, 11) is 0. The van der Waals surface area contributed by atoms with E-state index in [2.05, 4.69) is 15.5 Å². The van der Waals surface area contributed by atoms with Crippen LogP contribution in [0.2, 0.25) is 5.02 Å². The molecular formula is C17H14ClN3OS3. The van der Waals surface area contributed by atoms with Crippen molar-refractivity contribution in [2.45, 2.75) is 11.3 Å². The Kier molecular flexibility index (Phi) is 6.25. The Bertz CT molecular complexity index is 887. The average Bonchev–Trinajstić information content (AvgIpc) is 3.23. The summed E-state index contributed by atoms with van der Waals surface area (Å²) in [6, 6.07) is 9.55. The molecule has 0 saturated carbocycles. The lowest BCUT2D eigenvalue weighted by Crippen LogP contribution is -2.19. The van der Waals surface area contributed by atoms with Gasteiger partial charge in [0.25, 0.3) is 5.91 Å². The average molecular weight is 408 g/mol. The minimum absolute atomic E-state index is 0.154. The van der Waals surface area contributed by atoms with E-state index in [9.17, 15) is 4.79 Å². The highest BCUT2D eigenvalue weighted by molar-refractivity contribution is 8.01. The number of amides is 1. The van der Waals surface area contributed by atoms with Crippen LogP contribution in [0.1, 0.15) is 10.4 Å². The van der Waals surface area contributed by atoms with Crippen LogP contribution in [0.25, 0.3) is 11.3 Å². The van der Waals surface area contributed by atoms with Crippen LogP contribution in [0.15, 0.2) is 50.5 Å². The zero-order valence-corrected chi connectivity index (χ0v) is 16.4. The first kappa shape index (κ1) is 18.1. The van der Waals surface area contributed by atoms with Gasteiger partial charge in [-0.05, 0) is 36.1 Å². The van der Waals surface area contributed by atoms with Crippen molar-refractivity contribution in [3.8, 4) is 11.3 Å². The summed E-state index contributed by atoms with van der Waals surface area (Å²) in [5, 5.41) is 8.66. The number of thiazole rings is 1. The van der Waals surface area contributed by atoms with E-state index in [4.69, 9.17) is 11.6 Å². The predicted molar refractivity (Wildman–Crippen MR) is 108 cm³/mol. The normalized spacial score (nSPS) is 11.1. The number of carbonyl (C=O) groups is 1. The minimum Gasteiger partial charge on any atom is -0.272 e. The zero-order chi connectivity index (χ0) is 17.6. The van der Waals surface area contributed by atoms with Crippen molar-refractivity contribution >= 4 is 58.2 Å². The Morgan fingerprint density at radius 2 is 2.12 bits per heavy atom. The summed E-state index contributed by atoms with van der Waals surface area (Å²) < 4.78 is 0.846. The number of rotatable bonds is 6. The molecule has 0 fully saturated rings. The van der Waals surface area contributed by atoms with Gasteiger partial charge in [0.2, 0.25) is 0 Å². The summed E-state index contributed by atoms with van der Waals surface area (Å²) in [5.74, 6) is 0.118. The standard InChI is InChI=1S/C17H14ClN3OS3/c1-11-6-7-23-15(11)8-19-21-16(22)10-25-17-20-14(9-24-17)12-2-4-13(18)5-3-12/h2-9H,10H2,1H3,(H,21,22)/b19-8+. The molecule has 8 heteroatoms. The number of nitrogens with zero attached hydrogens (tertiary/aromatic N) is 2. The van der Waals surface area contributed by atoms with Crippen molar-refractivity contribution in [3.05, 3.63) is 56.6 Å². The van der Waals surface area contributed by atoms with E-state index in [0.717, 1.165) is 26.0 Å². The number of nitrogens with one attached hydrogen (secondary N) is 1. The summed E-state index contributed by atoms with van der Waals surface area (Å²) in [6.07, 6.45) is 1.67. The van der Waals surface area contributed by atoms with Crippen molar-refractivity contribution < 1.29 is 4.79 Å². The van der Waals surface area contributed by atoms with Gasteiger partial charge >= 0.3 is 0 Å². The van der Waals surface area contributed by atoms with E-state index in [1.807, 2.05) is 48.0 Å². The maximum Gasteiger partial charge on any atom is 0.250 e. The van der Waals surface area contributed by atoms with Crippen LogP contribution >= 0.6 is 46.0 Å². The summed E-state index contributed by atoms with van der Waals surface area (Å²) in [6.45, 7) is 2.01. The van der Waals surface area contributed by atoms with Gasteiger partial charge in [-0.15, -0.1) is 22.7 Å². The summed E-state index contributed by atoms with van der Waals surface area (Å²) in [5.41, 5.74) is 5.58. The topological polar surface area (TPSA) is 54.4 Å². The quantitative estimate of drug-likeness (QED) is 0.352. The maximum atomic E-state index is 11.9. The molecule has 128 valence electrons. The number of thiophene rings is 1. The molecule has 4 nitrogen and oxygen atoms in total. The highest BCUT2D eigenvalue weighted by atomic mass is 35.5. The number of carbonyl (C=O) groups excluding carboxylic acids is 1. The highest BCUT2D eigenvalue weighted by Gasteiger charge is 2.08. The molecule has 1 N–H and O–H groups in total. The van der Waals surface area contributed by atoms with Gasteiger partial charge in [-0.25, -0.2) is 10.4 Å². The number of hydrogen-bond donors (Lipinski definition) is 1. The number of benzene rings is 1. The lowest BCUT2D eigenvalue weighted by molar-refractivity contribution is -0.118. The number of aryl methyl sites for hydroxylation is 1. The molecule has 0 radical (unpaired) electrons. The number of thioether (sulfide) groups is 1. The molecule has 0 atom stereocenters. The minimum atomic E-state index is -0.154. The SMILES string of the molecule is Cc1ccsc1/C=N/NC(=O)CSc1nc(-c2ccc(Cl)cc2)cs1. The Morgan fingerprint density at radius 1 is 1.32 bits per heavy atom. The monoisotopic (exact) mass is 407 g/mol. The Morgan fingerprint density at radius 3 is 2.84 bits per heavy atom. The molecule has 0 aliphatic carbocycles. The van der Waals surface area contributed by atoms with Crippen molar-refractivity contribution in [3.63, 3.8) is 0 Å². The first-order chi connectivity index (χ1) is 12.1. The van der Waals surface area contributed by atoms with Crippen molar-refractivity contribution in [2.24, 2.45) is 5.10 Å². The van der Waals surface area contributed by atoms with Gasteiger partial charge in [0, 0.05) is 20.8 Å². The second kappa shape index (κ2) is 8.62. The molecular weight excluding hydrogens is 394 g/mol. The molecule has 2 heterocycles. The first-order valence-electron chi connectivity index (χ1n) is 7.32. The maximum absolute atomic E-state index is 11.9. The molecule has 0 bridgehead atoms. The fourth-order valence-corrected chi connectivity index (χ4v) is 4.46. The molecule has 0 spiro atoms. The predicted octanol–water partition coefficient (Wildman–Crippen LogP) is 5.08. The largest absolute Gasteiger partial charge is 0.272 e. The molecule has 1 aromatic carbocycles. The van der Waals surface area contributed by atoms with Crippen LogP contribution in [0.4, 0.5) is 0 Å². The second-order valence-electron chi connectivity index (χ2n) is 5.06. The summed E-state index contributed by atoms with van der Waals surface area (Å²) in [4.78, 5) is 17.4. The van der Waals surface area contributed by atoms with E-state index in [-0.39, 0.29) is 11.7 Å². The number of aromatic nitrogens is 1. The molecule has 0 aliphatic rings. The fraction of sp³-hybridized carbons (Fsp3) is 0.118. The second-order valence-corrected chi connectivity index (χ2v) is 8.52. The number of halogens is 1. The van der Waals surface area contributed by atoms with Crippen LogP contribution in [-0.2, 0) is 4.79 Å². The highest BCUT2D eigenvalue weighted by Crippen LogP contribution is 2.28.